The van der Waals surface area contributed by atoms with E-state index in [0.29, 0.717) is 0 Å². The van der Waals surface area contributed by atoms with Gasteiger partial charge in [-0.15, -0.1) is 0 Å². The van der Waals surface area contributed by atoms with Crippen LogP contribution in [0.1, 0.15) is 52.3 Å². The van der Waals surface area contributed by atoms with Crippen LogP contribution in [0.4, 0.5) is 0 Å². The molecule has 120 valence electrons. The number of nitrogens with zero attached hydrogens (tertiary/aromatic N) is 2. The normalized spacial score (nSPS) is 17.8. The van der Waals surface area contributed by atoms with E-state index in [0.717, 1.165) is 23.0 Å². The van der Waals surface area contributed by atoms with Crippen molar-refractivity contribution in [2.24, 2.45) is 10.8 Å². The molecule has 0 amide bonds. The Hall–Kier alpha value is -1.96. The Morgan fingerprint density at radius 1 is 1.09 bits per heavy atom. The minimum absolute atomic E-state index is 0.165. The van der Waals surface area contributed by atoms with Gasteiger partial charge in [-0.05, 0) is 53.0 Å². The number of benzene rings is 1. The zero-order chi connectivity index (χ0) is 16.8. The van der Waals surface area contributed by atoms with Crippen LogP contribution in [0.3, 0.4) is 0 Å². The van der Waals surface area contributed by atoms with E-state index in [9.17, 15) is 0 Å². The molecular weight excluding hydrogens is 280 g/mol. The summed E-state index contributed by atoms with van der Waals surface area (Å²) < 4.78 is 0. The molecule has 23 heavy (non-hydrogen) atoms. The molecule has 1 aromatic heterocycles. The van der Waals surface area contributed by atoms with Crippen molar-refractivity contribution in [3.05, 3.63) is 53.5 Å². The fourth-order valence-corrected chi connectivity index (χ4v) is 3.25. The van der Waals surface area contributed by atoms with E-state index in [1.807, 2.05) is 6.92 Å². The van der Waals surface area contributed by atoms with Gasteiger partial charge in [-0.3, -0.25) is 0 Å². The van der Waals surface area contributed by atoms with Gasteiger partial charge in [0.2, 0.25) is 0 Å². The number of aryl methyl sites for hydroxylation is 1. The van der Waals surface area contributed by atoms with Crippen molar-refractivity contribution < 1.29 is 0 Å². The van der Waals surface area contributed by atoms with E-state index in [1.165, 1.54) is 16.7 Å². The van der Waals surface area contributed by atoms with Crippen molar-refractivity contribution >= 4 is 16.5 Å². The molecule has 1 aromatic carbocycles. The Bertz CT molecular complexity index is 817. The van der Waals surface area contributed by atoms with Crippen molar-refractivity contribution in [2.45, 2.75) is 48.0 Å². The van der Waals surface area contributed by atoms with E-state index < -0.39 is 0 Å². The summed E-state index contributed by atoms with van der Waals surface area (Å²) in [5.74, 6) is 0. The maximum Gasteiger partial charge on any atom is 0.116 e. The number of aromatic nitrogens is 2. The molecule has 0 radical (unpaired) electrons. The second kappa shape index (κ2) is 5.30. The molecule has 2 heteroatoms. The third kappa shape index (κ3) is 3.21. The fraction of sp³-hybridized carbons (Fsp3) is 0.429. The Morgan fingerprint density at radius 2 is 1.83 bits per heavy atom. The van der Waals surface area contributed by atoms with Crippen LogP contribution in [0.5, 0.6) is 0 Å². The van der Waals surface area contributed by atoms with Gasteiger partial charge in [0.15, 0.2) is 0 Å². The maximum atomic E-state index is 4.37. The van der Waals surface area contributed by atoms with Crippen LogP contribution in [0.25, 0.3) is 16.5 Å². The van der Waals surface area contributed by atoms with Gasteiger partial charge < -0.3 is 0 Å². The summed E-state index contributed by atoms with van der Waals surface area (Å²) in [5, 5.41) is 1.15. The van der Waals surface area contributed by atoms with E-state index >= 15 is 0 Å². The van der Waals surface area contributed by atoms with Gasteiger partial charge in [-0.2, -0.15) is 0 Å². The summed E-state index contributed by atoms with van der Waals surface area (Å²) in [7, 11) is 0. The average molecular weight is 306 g/mol. The molecule has 1 aliphatic carbocycles. The summed E-state index contributed by atoms with van der Waals surface area (Å²) in [5.41, 5.74) is 6.53. The molecule has 1 heterocycles. The lowest BCUT2D eigenvalue weighted by molar-refractivity contribution is 0.450. The molecule has 1 aliphatic rings. The van der Waals surface area contributed by atoms with Gasteiger partial charge in [0.05, 0.1) is 5.52 Å². The van der Waals surface area contributed by atoms with Gasteiger partial charge in [-0.1, -0.05) is 52.8 Å². The summed E-state index contributed by atoms with van der Waals surface area (Å²) in [6.45, 7) is 13.5. The number of rotatable bonds is 1. The lowest BCUT2D eigenvalue weighted by Crippen LogP contribution is -2.19. The van der Waals surface area contributed by atoms with Crippen molar-refractivity contribution in [1.29, 1.82) is 0 Å². The third-order valence-corrected chi connectivity index (χ3v) is 4.59. The minimum atomic E-state index is 0.165. The summed E-state index contributed by atoms with van der Waals surface area (Å²) in [4.78, 5) is 8.70. The van der Waals surface area contributed by atoms with Gasteiger partial charge in [-0.25, -0.2) is 9.97 Å². The van der Waals surface area contributed by atoms with Crippen LogP contribution in [0, 0.1) is 17.8 Å². The Kier molecular flexibility index (Phi) is 3.66. The smallest absolute Gasteiger partial charge is 0.116 e. The van der Waals surface area contributed by atoms with E-state index in [2.05, 4.69) is 74.9 Å². The van der Waals surface area contributed by atoms with Crippen LogP contribution >= 0.6 is 0 Å². The van der Waals surface area contributed by atoms with Crippen LogP contribution < -0.4 is 0 Å². The van der Waals surface area contributed by atoms with Gasteiger partial charge >= 0.3 is 0 Å². The van der Waals surface area contributed by atoms with E-state index in [1.54, 1.807) is 6.33 Å². The van der Waals surface area contributed by atoms with Crippen LogP contribution in [0.15, 0.2) is 42.3 Å². The van der Waals surface area contributed by atoms with Gasteiger partial charge in [0, 0.05) is 11.1 Å². The molecule has 0 aliphatic heterocycles. The molecule has 0 saturated heterocycles. The molecule has 0 spiro atoms. The topological polar surface area (TPSA) is 25.8 Å². The van der Waals surface area contributed by atoms with Crippen LogP contribution in [0.2, 0.25) is 0 Å². The van der Waals surface area contributed by atoms with E-state index in [-0.39, 0.29) is 10.8 Å². The zero-order valence-electron chi connectivity index (χ0n) is 15.1. The number of hydrogen-bond acceptors (Lipinski definition) is 2. The molecule has 3 rings (SSSR count). The molecule has 0 fully saturated rings. The van der Waals surface area contributed by atoms with Crippen LogP contribution in [-0.4, -0.2) is 9.97 Å². The Balaban J connectivity index is 2.12. The monoisotopic (exact) mass is 306 g/mol. The molecule has 0 unspecified atom stereocenters. The molecular formula is C21H26N2. The minimum Gasteiger partial charge on any atom is -0.241 e. The number of fused-ring (bicyclic) bond motifs is 1. The zero-order valence-corrected chi connectivity index (χ0v) is 15.1. The van der Waals surface area contributed by atoms with Crippen molar-refractivity contribution in [2.75, 3.05) is 0 Å². The maximum absolute atomic E-state index is 4.37. The predicted molar refractivity (Wildman–Crippen MR) is 98.2 cm³/mol. The lowest BCUT2D eigenvalue weighted by Gasteiger charge is -2.33. The summed E-state index contributed by atoms with van der Waals surface area (Å²) in [6, 6.07) is 6.56. The highest BCUT2D eigenvalue weighted by atomic mass is 14.8. The number of hydrogen-bond donors (Lipinski definition) is 0. The fourth-order valence-electron chi connectivity index (χ4n) is 3.25. The quantitative estimate of drug-likeness (QED) is 0.673. The largest absolute Gasteiger partial charge is 0.241 e. The second-order valence-corrected chi connectivity index (χ2v) is 8.38. The van der Waals surface area contributed by atoms with Gasteiger partial charge in [0.25, 0.3) is 0 Å². The van der Waals surface area contributed by atoms with Crippen molar-refractivity contribution in [3.63, 3.8) is 0 Å². The highest BCUT2D eigenvalue weighted by Gasteiger charge is 2.27. The Morgan fingerprint density at radius 3 is 2.52 bits per heavy atom. The average Bonchev–Trinajstić information content (AvgIpc) is 2.45. The molecule has 0 N–H and O–H groups in total. The first-order chi connectivity index (χ1) is 10.7. The molecule has 2 aromatic rings. The first kappa shape index (κ1) is 15.9. The van der Waals surface area contributed by atoms with E-state index in [4.69, 9.17) is 0 Å². The first-order valence-electron chi connectivity index (χ1n) is 8.31. The number of allylic oxidation sites excluding steroid dienone is 4. The SMILES string of the molecule is Cc1ncnc2ccc(C3=CC(C(C)(C)C)=CC(C)(C)C3)cc12. The first-order valence-corrected chi connectivity index (χ1v) is 8.31. The molecule has 0 bridgehead atoms. The highest BCUT2D eigenvalue weighted by Crippen LogP contribution is 2.43. The second-order valence-electron chi connectivity index (χ2n) is 8.38. The van der Waals surface area contributed by atoms with Crippen molar-refractivity contribution in [1.82, 2.24) is 9.97 Å². The summed E-state index contributed by atoms with van der Waals surface area (Å²) >= 11 is 0. The Labute approximate surface area is 139 Å². The molecule has 2 nitrogen and oxygen atoms in total. The standard InChI is InChI=1S/C21H26N2/c1-14-18-10-15(7-8-19(18)23-13-22-14)16-9-17(20(2,3)4)12-21(5,6)11-16/h7-10,12-13H,11H2,1-6H3. The van der Waals surface area contributed by atoms with Crippen LogP contribution in [-0.2, 0) is 0 Å². The predicted octanol–water partition coefficient (Wildman–Crippen LogP) is 5.72. The van der Waals surface area contributed by atoms with Crippen molar-refractivity contribution in [3.8, 4) is 0 Å². The van der Waals surface area contributed by atoms with Gasteiger partial charge in [0.1, 0.15) is 6.33 Å². The highest BCUT2D eigenvalue weighted by molar-refractivity contribution is 5.85. The third-order valence-electron chi connectivity index (χ3n) is 4.59. The lowest BCUT2D eigenvalue weighted by atomic mass is 9.72. The molecule has 0 saturated carbocycles. The molecule has 0 atom stereocenters. The summed E-state index contributed by atoms with van der Waals surface area (Å²) in [6.07, 6.45) is 7.52.